The summed E-state index contributed by atoms with van der Waals surface area (Å²) in [7, 11) is 0. The van der Waals surface area contributed by atoms with E-state index >= 15 is 0 Å². The molecule has 0 saturated heterocycles. The molecule has 1 aromatic carbocycles. The lowest BCUT2D eigenvalue weighted by Gasteiger charge is -2.10. The van der Waals surface area contributed by atoms with Crippen molar-refractivity contribution in [3.05, 3.63) is 52.9 Å². The van der Waals surface area contributed by atoms with E-state index in [4.69, 9.17) is 11.6 Å². The zero-order valence-corrected chi connectivity index (χ0v) is 11.5. The van der Waals surface area contributed by atoms with Gasteiger partial charge in [0, 0.05) is 17.3 Å². The van der Waals surface area contributed by atoms with Crippen LogP contribution in [0.5, 0.6) is 0 Å². The first-order chi connectivity index (χ1) is 9.60. The van der Waals surface area contributed by atoms with E-state index in [0.717, 1.165) is 12.3 Å². The first-order valence-corrected chi connectivity index (χ1v) is 6.44. The monoisotopic (exact) mass is 293 g/mol. The zero-order valence-electron chi connectivity index (χ0n) is 10.8. The van der Waals surface area contributed by atoms with Crippen LogP contribution < -0.4 is 10.6 Å². The molecule has 0 unspecified atom stereocenters. The largest absolute Gasteiger partial charge is 0.370 e. The number of amides is 1. The van der Waals surface area contributed by atoms with Gasteiger partial charge in [0.2, 0.25) is 0 Å². The Bertz CT molecular complexity index is 616. The lowest BCUT2D eigenvalue weighted by molar-refractivity contribution is 0.102. The summed E-state index contributed by atoms with van der Waals surface area (Å²) in [5.74, 6) is -0.649. The van der Waals surface area contributed by atoms with E-state index in [1.54, 1.807) is 24.3 Å². The van der Waals surface area contributed by atoms with Crippen LogP contribution in [0.2, 0.25) is 5.02 Å². The second-order valence-electron chi connectivity index (χ2n) is 4.04. The molecule has 1 aromatic heterocycles. The van der Waals surface area contributed by atoms with Gasteiger partial charge in [-0.25, -0.2) is 9.37 Å². The maximum absolute atomic E-state index is 13.3. The van der Waals surface area contributed by atoms with Gasteiger partial charge in [-0.3, -0.25) is 4.79 Å². The highest BCUT2D eigenvalue weighted by Gasteiger charge is 2.14. The van der Waals surface area contributed by atoms with Crippen molar-refractivity contribution in [1.29, 1.82) is 0 Å². The van der Waals surface area contributed by atoms with Crippen LogP contribution in [-0.4, -0.2) is 17.4 Å². The Morgan fingerprint density at radius 2 is 2.05 bits per heavy atom. The molecule has 1 amide bonds. The van der Waals surface area contributed by atoms with E-state index < -0.39 is 11.7 Å². The molecule has 0 saturated carbocycles. The van der Waals surface area contributed by atoms with Crippen LogP contribution in [0.4, 0.5) is 15.9 Å². The van der Waals surface area contributed by atoms with E-state index in [2.05, 4.69) is 15.6 Å². The van der Waals surface area contributed by atoms with Crippen LogP contribution in [0.1, 0.15) is 17.3 Å². The van der Waals surface area contributed by atoms with Crippen molar-refractivity contribution in [2.45, 2.75) is 6.92 Å². The Kier molecular flexibility index (Phi) is 4.53. The number of pyridine rings is 1. The molecule has 2 N–H and O–H groups in total. The van der Waals surface area contributed by atoms with Crippen molar-refractivity contribution >= 4 is 29.0 Å². The minimum atomic E-state index is -0.562. The third-order valence-electron chi connectivity index (χ3n) is 2.55. The Labute approximate surface area is 121 Å². The highest BCUT2D eigenvalue weighted by Crippen LogP contribution is 2.18. The third-order valence-corrected chi connectivity index (χ3v) is 2.80. The number of nitrogens with zero attached hydrogens (tertiary/aromatic N) is 1. The number of halogens is 2. The minimum Gasteiger partial charge on any atom is -0.370 e. The standard InChI is InChI=1S/C14H13ClFN3O/c1-2-17-13-12(7-10(16)8-18-13)14(20)19-11-5-3-9(15)4-6-11/h3-8H,2H2,1H3,(H,17,18)(H,19,20). The summed E-state index contributed by atoms with van der Waals surface area (Å²) in [6.45, 7) is 2.45. The molecule has 0 fully saturated rings. The molecule has 2 aromatic rings. The van der Waals surface area contributed by atoms with Gasteiger partial charge in [-0.1, -0.05) is 11.6 Å². The smallest absolute Gasteiger partial charge is 0.259 e. The predicted molar refractivity (Wildman–Crippen MR) is 77.8 cm³/mol. The summed E-state index contributed by atoms with van der Waals surface area (Å²) in [6.07, 6.45) is 1.07. The van der Waals surface area contributed by atoms with Crippen molar-refractivity contribution in [2.24, 2.45) is 0 Å². The van der Waals surface area contributed by atoms with Crippen LogP contribution in [-0.2, 0) is 0 Å². The Morgan fingerprint density at radius 1 is 1.35 bits per heavy atom. The molecule has 104 valence electrons. The molecule has 0 spiro atoms. The quantitative estimate of drug-likeness (QED) is 0.906. The average Bonchev–Trinajstić information content (AvgIpc) is 2.43. The summed E-state index contributed by atoms with van der Waals surface area (Å²) >= 11 is 5.77. The maximum atomic E-state index is 13.3. The molecule has 4 nitrogen and oxygen atoms in total. The maximum Gasteiger partial charge on any atom is 0.259 e. The van der Waals surface area contributed by atoms with Crippen LogP contribution >= 0.6 is 11.6 Å². The number of hydrogen-bond acceptors (Lipinski definition) is 3. The van der Waals surface area contributed by atoms with Gasteiger partial charge in [0.15, 0.2) is 0 Å². The zero-order chi connectivity index (χ0) is 14.5. The average molecular weight is 294 g/mol. The molecule has 0 radical (unpaired) electrons. The van der Waals surface area contributed by atoms with E-state index in [9.17, 15) is 9.18 Å². The topological polar surface area (TPSA) is 54.0 Å². The number of benzene rings is 1. The molecular formula is C14H13ClFN3O. The number of rotatable bonds is 4. The van der Waals surface area contributed by atoms with E-state index in [0.29, 0.717) is 23.1 Å². The van der Waals surface area contributed by atoms with Crippen molar-refractivity contribution in [3.8, 4) is 0 Å². The van der Waals surface area contributed by atoms with Crippen LogP contribution in [0, 0.1) is 5.82 Å². The van der Waals surface area contributed by atoms with Gasteiger partial charge in [-0.15, -0.1) is 0 Å². The molecule has 0 atom stereocenters. The number of aromatic nitrogens is 1. The number of carbonyl (C=O) groups is 1. The second kappa shape index (κ2) is 6.34. The van der Waals surface area contributed by atoms with Crippen molar-refractivity contribution in [3.63, 3.8) is 0 Å². The van der Waals surface area contributed by atoms with Gasteiger partial charge in [0.25, 0.3) is 5.91 Å². The molecule has 0 aliphatic carbocycles. The van der Waals surface area contributed by atoms with Gasteiger partial charge in [0.1, 0.15) is 11.6 Å². The third kappa shape index (κ3) is 3.45. The minimum absolute atomic E-state index is 0.154. The Balaban J connectivity index is 2.23. The van der Waals surface area contributed by atoms with Gasteiger partial charge in [-0.2, -0.15) is 0 Å². The lowest BCUT2D eigenvalue weighted by atomic mass is 10.2. The van der Waals surface area contributed by atoms with Gasteiger partial charge < -0.3 is 10.6 Å². The van der Waals surface area contributed by atoms with E-state index in [1.807, 2.05) is 6.92 Å². The van der Waals surface area contributed by atoms with Crippen LogP contribution in [0.3, 0.4) is 0 Å². The fourth-order valence-electron chi connectivity index (χ4n) is 1.65. The van der Waals surface area contributed by atoms with E-state index in [1.165, 1.54) is 0 Å². The van der Waals surface area contributed by atoms with Crippen LogP contribution in [0.25, 0.3) is 0 Å². The number of anilines is 2. The summed E-state index contributed by atoms with van der Waals surface area (Å²) in [4.78, 5) is 16.0. The molecule has 20 heavy (non-hydrogen) atoms. The Morgan fingerprint density at radius 3 is 2.70 bits per heavy atom. The summed E-state index contributed by atoms with van der Waals surface area (Å²) in [5, 5.41) is 6.16. The number of nitrogens with one attached hydrogen (secondary N) is 2. The van der Waals surface area contributed by atoms with Gasteiger partial charge in [0.05, 0.1) is 11.8 Å². The summed E-state index contributed by atoms with van der Waals surface area (Å²) < 4.78 is 13.3. The summed E-state index contributed by atoms with van der Waals surface area (Å²) in [5.41, 5.74) is 0.730. The molecule has 2 rings (SSSR count). The first-order valence-electron chi connectivity index (χ1n) is 6.06. The fourth-order valence-corrected chi connectivity index (χ4v) is 1.78. The molecule has 0 bridgehead atoms. The SMILES string of the molecule is CCNc1ncc(F)cc1C(=O)Nc1ccc(Cl)cc1. The van der Waals surface area contributed by atoms with Crippen molar-refractivity contribution in [2.75, 3.05) is 17.2 Å². The van der Waals surface area contributed by atoms with Crippen LogP contribution in [0.15, 0.2) is 36.5 Å². The number of hydrogen-bond donors (Lipinski definition) is 2. The molecule has 0 aliphatic heterocycles. The van der Waals surface area contributed by atoms with E-state index in [-0.39, 0.29) is 5.56 Å². The predicted octanol–water partition coefficient (Wildman–Crippen LogP) is 3.56. The molecule has 6 heteroatoms. The van der Waals surface area contributed by atoms with Crippen molar-refractivity contribution in [1.82, 2.24) is 4.98 Å². The first kappa shape index (κ1) is 14.3. The lowest BCUT2D eigenvalue weighted by Crippen LogP contribution is -2.16. The van der Waals surface area contributed by atoms with Gasteiger partial charge >= 0.3 is 0 Å². The normalized spacial score (nSPS) is 10.2. The highest BCUT2D eigenvalue weighted by atomic mass is 35.5. The number of carbonyl (C=O) groups excluding carboxylic acids is 1. The molecular weight excluding hydrogens is 281 g/mol. The molecule has 1 heterocycles. The van der Waals surface area contributed by atoms with Crippen molar-refractivity contribution < 1.29 is 9.18 Å². The van der Waals surface area contributed by atoms with Gasteiger partial charge in [-0.05, 0) is 37.3 Å². The second-order valence-corrected chi connectivity index (χ2v) is 4.48. The fraction of sp³-hybridized carbons (Fsp3) is 0.143. The summed E-state index contributed by atoms with van der Waals surface area (Å²) in [6, 6.07) is 7.80. The highest BCUT2D eigenvalue weighted by molar-refractivity contribution is 6.30. The molecule has 0 aliphatic rings. The Hall–Kier alpha value is -2.14.